The minimum absolute atomic E-state index is 0.378. The van der Waals surface area contributed by atoms with Crippen molar-refractivity contribution in [3.8, 4) is 0 Å². The highest BCUT2D eigenvalue weighted by Gasteiger charge is 2.14. The summed E-state index contributed by atoms with van der Waals surface area (Å²) in [6.45, 7) is 0. The number of ether oxygens (including phenoxy) is 1. The topological polar surface area (TPSA) is 43.4 Å². The quantitative estimate of drug-likeness (QED) is 0.277. The summed E-state index contributed by atoms with van der Waals surface area (Å²) in [7, 11) is 1.32. The zero-order valence-electron chi connectivity index (χ0n) is 7.79. The van der Waals surface area contributed by atoms with E-state index in [-0.39, 0.29) is 5.97 Å². The van der Waals surface area contributed by atoms with Gasteiger partial charge in [-0.25, -0.2) is 0 Å². The van der Waals surface area contributed by atoms with Gasteiger partial charge in [-0.15, -0.1) is 11.6 Å². The third-order valence-corrected chi connectivity index (χ3v) is 2.13. The van der Waals surface area contributed by atoms with Gasteiger partial charge < -0.3 is 9.53 Å². The van der Waals surface area contributed by atoms with Crippen LogP contribution in [-0.4, -0.2) is 24.7 Å². The number of unbranched alkanes of at least 4 members (excludes halogenated alkanes) is 3. The van der Waals surface area contributed by atoms with Gasteiger partial charge >= 0.3 is 5.97 Å². The van der Waals surface area contributed by atoms with E-state index in [4.69, 9.17) is 11.6 Å². The second kappa shape index (κ2) is 8.05. The predicted molar refractivity (Wildman–Crippen MR) is 50.8 cm³/mol. The van der Waals surface area contributed by atoms with E-state index in [1.54, 1.807) is 0 Å². The number of esters is 1. The maximum atomic E-state index is 10.8. The van der Waals surface area contributed by atoms with E-state index < -0.39 is 5.38 Å². The first-order valence-electron chi connectivity index (χ1n) is 4.38. The molecular formula is C9H15ClO3. The molecule has 0 fully saturated rings. The molecule has 0 aliphatic rings. The molecule has 4 heteroatoms. The normalized spacial score (nSPS) is 12.2. The van der Waals surface area contributed by atoms with Crippen LogP contribution >= 0.6 is 11.6 Å². The molecule has 0 radical (unpaired) electrons. The van der Waals surface area contributed by atoms with Crippen molar-refractivity contribution >= 4 is 23.9 Å². The van der Waals surface area contributed by atoms with Crippen LogP contribution in [0.15, 0.2) is 0 Å². The largest absolute Gasteiger partial charge is 0.468 e. The highest BCUT2D eigenvalue weighted by atomic mass is 35.5. The first-order chi connectivity index (χ1) is 6.22. The molecule has 0 amide bonds. The Kier molecular flexibility index (Phi) is 7.69. The lowest BCUT2D eigenvalue weighted by molar-refractivity contribution is -0.140. The highest BCUT2D eigenvalue weighted by molar-refractivity contribution is 6.29. The summed E-state index contributed by atoms with van der Waals surface area (Å²) in [5.74, 6) is -0.378. The fourth-order valence-corrected chi connectivity index (χ4v) is 1.22. The number of carbonyl (C=O) groups excluding carboxylic acids is 2. The molecule has 0 spiro atoms. The standard InChI is InChI=1S/C9H15ClO3/c1-13-9(12)8(10)6-4-2-3-5-7-11/h7-8H,2-6H2,1H3. The summed E-state index contributed by atoms with van der Waals surface area (Å²) in [5, 5.41) is -0.541. The summed E-state index contributed by atoms with van der Waals surface area (Å²) in [5.41, 5.74) is 0. The number of methoxy groups -OCH3 is 1. The van der Waals surface area contributed by atoms with Crippen LogP contribution in [0.5, 0.6) is 0 Å². The van der Waals surface area contributed by atoms with Crippen LogP contribution in [0, 0.1) is 0 Å². The van der Waals surface area contributed by atoms with E-state index in [9.17, 15) is 9.59 Å². The van der Waals surface area contributed by atoms with Gasteiger partial charge in [0.25, 0.3) is 0 Å². The van der Waals surface area contributed by atoms with Crippen molar-refractivity contribution in [3.05, 3.63) is 0 Å². The molecule has 0 aromatic carbocycles. The van der Waals surface area contributed by atoms with Crippen molar-refractivity contribution in [2.45, 2.75) is 37.5 Å². The van der Waals surface area contributed by atoms with Crippen molar-refractivity contribution in [1.29, 1.82) is 0 Å². The molecule has 1 atom stereocenters. The molecule has 0 aromatic rings. The number of hydrogen-bond acceptors (Lipinski definition) is 3. The first kappa shape index (κ1) is 12.4. The van der Waals surface area contributed by atoms with Gasteiger partial charge in [0.2, 0.25) is 0 Å². The van der Waals surface area contributed by atoms with E-state index in [2.05, 4.69) is 4.74 Å². The van der Waals surface area contributed by atoms with Gasteiger partial charge in [0, 0.05) is 6.42 Å². The number of rotatable bonds is 7. The molecule has 0 N–H and O–H groups in total. The molecule has 0 aliphatic carbocycles. The number of hydrogen-bond donors (Lipinski definition) is 0. The van der Waals surface area contributed by atoms with Crippen LogP contribution in [0.4, 0.5) is 0 Å². The average Bonchev–Trinajstić information content (AvgIpc) is 2.16. The Morgan fingerprint density at radius 1 is 1.46 bits per heavy atom. The van der Waals surface area contributed by atoms with Crippen LogP contribution < -0.4 is 0 Å². The number of alkyl halides is 1. The fourth-order valence-electron chi connectivity index (χ4n) is 0.974. The maximum Gasteiger partial charge on any atom is 0.323 e. The van der Waals surface area contributed by atoms with E-state index in [1.807, 2.05) is 0 Å². The second-order valence-electron chi connectivity index (χ2n) is 2.80. The predicted octanol–water partition coefficient (Wildman–Crippen LogP) is 1.92. The van der Waals surface area contributed by atoms with Crippen LogP contribution in [0.25, 0.3) is 0 Å². The van der Waals surface area contributed by atoms with Crippen molar-refractivity contribution in [2.24, 2.45) is 0 Å². The van der Waals surface area contributed by atoms with E-state index in [0.29, 0.717) is 12.8 Å². The van der Waals surface area contributed by atoms with Gasteiger partial charge in [-0.2, -0.15) is 0 Å². The van der Waals surface area contributed by atoms with E-state index in [1.165, 1.54) is 7.11 Å². The lowest BCUT2D eigenvalue weighted by Gasteiger charge is -2.05. The van der Waals surface area contributed by atoms with Crippen LogP contribution in [0.2, 0.25) is 0 Å². The Hall–Kier alpha value is -0.570. The Labute approximate surface area is 83.4 Å². The molecule has 0 saturated carbocycles. The molecule has 0 aromatic heterocycles. The molecule has 0 rings (SSSR count). The zero-order valence-corrected chi connectivity index (χ0v) is 8.55. The van der Waals surface area contributed by atoms with Crippen molar-refractivity contribution < 1.29 is 14.3 Å². The highest BCUT2D eigenvalue weighted by Crippen LogP contribution is 2.10. The van der Waals surface area contributed by atoms with Gasteiger partial charge in [-0.3, -0.25) is 4.79 Å². The SMILES string of the molecule is COC(=O)C(Cl)CCCCCC=O. The maximum absolute atomic E-state index is 10.8. The second-order valence-corrected chi connectivity index (χ2v) is 3.32. The summed E-state index contributed by atoms with van der Waals surface area (Å²) in [6, 6.07) is 0. The molecule has 76 valence electrons. The molecule has 1 unspecified atom stereocenters. The van der Waals surface area contributed by atoms with Gasteiger partial charge in [0.1, 0.15) is 11.7 Å². The smallest absolute Gasteiger partial charge is 0.323 e. The Bertz CT molecular complexity index is 159. The van der Waals surface area contributed by atoms with Crippen LogP contribution in [-0.2, 0) is 14.3 Å². The van der Waals surface area contributed by atoms with Crippen molar-refractivity contribution in [2.75, 3.05) is 7.11 Å². The monoisotopic (exact) mass is 206 g/mol. The molecule has 13 heavy (non-hydrogen) atoms. The van der Waals surface area contributed by atoms with E-state index in [0.717, 1.165) is 25.5 Å². The number of aldehydes is 1. The van der Waals surface area contributed by atoms with Crippen molar-refractivity contribution in [1.82, 2.24) is 0 Å². The van der Waals surface area contributed by atoms with Crippen LogP contribution in [0.1, 0.15) is 32.1 Å². The average molecular weight is 207 g/mol. The third kappa shape index (κ3) is 6.58. The van der Waals surface area contributed by atoms with Gasteiger partial charge in [-0.1, -0.05) is 12.8 Å². The lowest BCUT2D eigenvalue weighted by Crippen LogP contribution is -2.15. The van der Waals surface area contributed by atoms with Gasteiger partial charge in [0.15, 0.2) is 0 Å². The number of halogens is 1. The molecular weight excluding hydrogens is 192 g/mol. The zero-order chi connectivity index (χ0) is 10.1. The fraction of sp³-hybridized carbons (Fsp3) is 0.778. The lowest BCUT2D eigenvalue weighted by atomic mass is 10.1. The van der Waals surface area contributed by atoms with E-state index >= 15 is 0 Å². The third-order valence-electron chi connectivity index (χ3n) is 1.74. The molecule has 3 nitrogen and oxygen atoms in total. The Balaban J connectivity index is 3.31. The molecule has 0 aliphatic heterocycles. The molecule has 0 bridgehead atoms. The minimum Gasteiger partial charge on any atom is -0.468 e. The van der Waals surface area contributed by atoms with Crippen LogP contribution in [0.3, 0.4) is 0 Å². The summed E-state index contributed by atoms with van der Waals surface area (Å²) in [6.07, 6.45) is 4.76. The Morgan fingerprint density at radius 3 is 2.69 bits per heavy atom. The summed E-state index contributed by atoms with van der Waals surface area (Å²) >= 11 is 5.70. The van der Waals surface area contributed by atoms with Crippen molar-refractivity contribution in [3.63, 3.8) is 0 Å². The van der Waals surface area contributed by atoms with Gasteiger partial charge in [-0.05, 0) is 12.8 Å². The summed E-state index contributed by atoms with van der Waals surface area (Å²) in [4.78, 5) is 20.8. The summed E-state index contributed by atoms with van der Waals surface area (Å²) < 4.78 is 4.46. The molecule has 0 heterocycles. The van der Waals surface area contributed by atoms with Gasteiger partial charge in [0.05, 0.1) is 7.11 Å². The molecule has 0 saturated heterocycles. The minimum atomic E-state index is -0.541. The Morgan fingerprint density at radius 2 is 2.15 bits per heavy atom. The first-order valence-corrected chi connectivity index (χ1v) is 4.81. The number of carbonyl (C=O) groups is 2.